The van der Waals surface area contributed by atoms with Crippen molar-refractivity contribution in [3.8, 4) is 0 Å². The van der Waals surface area contributed by atoms with Crippen LogP contribution in [-0.2, 0) is 14.2 Å². The van der Waals surface area contributed by atoms with Gasteiger partial charge in [-0.2, -0.15) is 0 Å². The first-order chi connectivity index (χ1) is 8.90. The molecule has 0 amide bonds. The number of hydrogen-bond donors (Lipinski definition) is 0. The molecule has 3 heteroatoms. The summed E-state index contributed by atoms with van der Waals surface area (Å²) in [6.07, 6.45) is 8.95. The van der Waals surface area contributed by atoms with E-state index in [1.165, 1.54) is 0 Å². The topological polar surface area (TPSA) is 27.7 Å². The molecular weight excluding hydrogens is 228 g/mol. The fourth-order valence-corrected chi connectivity index (χ4v) is 1.47. The predicted molar refractivity (Wildman–Crippen MR) is 75.2 cm³/mol. The Kier molecular flexibility index (Phi) is 9.78. The molecule has 1 aliphatic carbocycles. The molecule has 0 N–H and O–H groups in total. The first kappa shape index (κ1) is 16.5. The molecule has 18 heavy (non-hydrogen) atoms. The van der Waals surface area contributed by atoms with Gasteiger partial charge in [-0.25, -0.2) is 0 Å². The van der Waals surface area contributed by atoms with Crippen LogP contribution in [0.15, 0.2) is 49.0 Å². The maximum absolute atomic E-state index is 5.70. The molecule has 1 heterocycles. The monoisotopic (exact) mass is 252 g/mol. The van der Waals surface area contributed by atoms with Crippen LogP contribution < -0.4 is 0 Å². The first-order valence-electron chi connectivity index (χ1n) is 6.26. The third-order valence-electron chi connectivity index (χ3n) is 2.12. The van der Waals surface area contributed by atoms with Gasteiger partial charge in [-0.15, -0.1) is 13.2 Å². The molecule has 0 radical (unpaired) electrons. The van der Waals surface area contributed by atoms with E-state index in [1.54, 1.807) is 7.11 Å². The van der Waals surface area contributed by atoms with Gasteiger partial charge in [-0.3, -0.25) is 0 Å². The van der Waals surface area contributed by atoms with Crippen LogP contribution in [0.3, 0.4) is 0 Å². The molecule has 0 aromatic heterocycles. The van der Waals surface area contributed by atoms with Gasteiger partial charge in [0.1, 0.15) is 6.61 Å². The van der Waals surface area contributed by atoms with E-state index < -0.39 is 0 Å². The highest BCUT2D eigenvalue weighted by Crippen LogP contribution is 2.22. The lowest BCUT2D eigenvalue weighted by Gasteiger charge is -2.25. The maximum atomic E-state index is 5.70. The SMILES string of the molecule is C=C.CC.COCC1COC2=C(C=CCC=C2)O1. The average Bonchev–Trinajstić information content (AvgIpc) is 2.68. The van der Waals surface area contributed by atoms with Crippen molar-refractivity contribution < 1.29 is 14.2 Å². The number of methoxy groups -OCH3 is 1. The minimum absolute atomic E-state index is 0.00917. The maximum Gasteiger partial charge on any atom is 0.161 e. The highest BCUT2D eigenvalue weighted by atomic mass is 16.6. The second-order valence-corrected chi connectivity index (χ2v) is 3.28. The summed E-state index contributed by atoms with van der Waals surface area (Å²) < 4.78 is 16.3. The zero-order valence-corrected chi connectivity index (χ0v) is 11.6. The summed E-state index contributed by atoms with van der Waals surface area (Å²) in [5, 5.41) is 0. The van der Waals surface area contributed by atoms with Crippen LogP contribution in [0.5, 0.6) is 0 Å². The summed E-state index contributed by atoms with van der Waals surface area (Å²) in [4.78, 5) is 0. The van der Waals surface area contributed by atoms with E-state index >= 15 is 0 Å². The lowest BCUT2D eigenvalue weighted by Crippen LogP contribution is -2.28. The smallest absolute Gasteiger partial charge is 0.161 e. The Hall–Kier alpha value is -1.48. The molecule has 0 bridgehead atoms. The van der Waals surface area contributed by atoms with E-state index in [-0.39, 0.29) is 6.10 Å². The molecule has 0 saturated carbocycles. The summed E-state index contributed by atoms with van der Waals surface area (Å²) in [7, 11) is 1.66. The lowest BCUT2D eigenvalue weighted by molar-refractivity contribution is -0.0318. The van der Waals surface area contributed by atoms with Gasteiger partial charge in [0, 0.05) is 7.11 Å². The molecule has 0 saturated heterocycles. The van der Waals surface area contributed by atoms with Gasteiger partial charge in [0.15, 0.2) is 17.6 Å². The summed E-state index contributed by atoms with van der Waals surface area (Å²) in [5.41, 5.74) is 0. The van der Waals surface area contributed by atoms with Crippen LogP contribution in [0, 0.1) is 0 Å². The van der Waals surface area contributed by atoms with Gasteiger partial charge in [0.2, 0.25) is 0 Å². The molecule has 0 aromatic rings. The number of allylic oxidation sites excluding steroid dienone is 4. The zero-order valence-electron chi connectivity index (χ0n) is 11.6. The summed E-state index contributed by atoms with van der Waals surface area (Å²) >= 11 is 0. The van der Waals surface area contributed by atoms with Crippen molar-refractivity contribution in [3.63, 3.8) is 0 Å². The minimum atomic E-state index is 0.00917. The van der Waals surface area contributed by atoms with Crippen LogP contribution in [0.2, 0.25) is 0 Å². The summed E-state index contributed by atoms with van der Waals surface area (Å²) in [6, 6.07) is 0. The van der Waals surface area contributed by atoms with Gasteiger partial charge in [-0.1, -0.05) is 26.0 Å². The van der Waals surface area contributed by atoms with E-state index in [0.29, 0.717) is 13.2 Å². The van der Waals surface area contributed by atoms with Crippen molar-refractivity contribution in [3.05, 3.63) is 49.0 Å². The molecule has 1 unspecified atom stereocenters. The fourth-order valence-electron chi connectivity index (χ4n) is 1.47. The highest BCUT2D eigenvalue weighted by molar-refractivity contribution is 5.29. The largest absolute Gasteiger partial charge is 0.486 e. The average molecular weight is 252 g/mol. The zero-order chi connectivity index (χ0) is 13.8. The number of rotatable bonds is 2. The van der Waals surface area contributed by atoms with Crippen molar-refractivity contribution in [2.45, 2.75) is 26.4 Å². The highest BCUT2D eigenvalue weighted by Gasteiger charge is 2.21. The standard InChI is InChI=1S/C11H14O3.C2H6.C2H4/c1-12-7-9-8-13-10-5-3-2-4-6-11(10)14-9;2*1-2/h3-6,9H,2,7-8H2,1H3;1-2H3;1-2H2. The summed E-state index contributed by atoms with van der Waals surface area (Å²) in [5.74, 6) is 1.64. The molecular formula is C15H24O3. The van der Waals surface area contributed by atoms with E-state index in [0.717, 1.165) is 17.9 Å². The Morgan fingerprint density at radius 3 is 2.44 bits per heavy atom. The minimum Gasteiger partial charge on any atom is -0.486 e. The van der Waals surface area contributed by atoms with Gasteiger partial charge in [-0.05, 0) is 18.6 Å². The van der Waals surface area contributed by atoms with Gasteiger partial charge >= 0.3 is 0 Å². The lowest BCUT2D eigenvalue weighted by atomic mass is 10.3. The molecule has 0 aromatic carbocycles. The molecule has 102 valence electrons. The first-order valence-corrected chi connectivity index (χ1v) is 6.26. The second-order valence-electron chi connectivity index (χ2n) is 3.28. The van der Waals surface area contributed by atoms with Gasteiger partial charge in [0.05, 0.1) is 6.61 Å². The Morgan fingerprint density at radius 2 is 1.83 bits per heavy atom. The van der Waals surface area contributed by atoms with E-state index in [9.17, 15) is 0 Å². The van der Waals surface area contributed by atoms with Crippen molar-refractivity contribution in [2.75, 3.05) is 20.3 Å². The van der Waals surface area contributed by atoms with Crippen LogP contribution in [0.1, 0.15) is 20.3 Å². The molecule has 1 atom stereocenters. The Morgan fingerprint density at radius 1 is 1.22 bits per heavy atom. The van der Waals surface area contributed by atoms with Crippen LogP contribution in [0.25, 0.3) is 0 Å². The van der Waals surface area contributed by atoms with Crippen LogP contribution in [0.4, 0.5) is 0 Å². The Bertz CT molecular complexity index is 303. The molecule has 2 aliphatic rings. The molecule has 2 rings (SSSR count). The normalized spacial score (nSPS) is 20.1. The van der Waals surface area contributed by atoms with E-state index in [2.05, 4.69) is 25.3 Å². The van der Waals surface area contributed by atoms with E-state index in [4.69, 9.17) is 14.2 Å². The third-order valence-corrected chi connectivity index (χ3v) is 2.12. The van der Waals surface area contributed by atoms with Crippen molar-refractivity contribution in [2.24, 2.45) is 0 Å². The fraction of sp³-hybridized carbons (Fsp3) is 0.467. The van der Waals surface area contributed by atoms with Crippen molar-refractivity contribution in [1.82, 2.24) is 0 Å². The predicted octanol–water partition coefficient (Wildman–Crippen LogP) is 3.60. The van der Waals surface area contributed by atoms with Crippen LogP contribution in [-0.4, -0.2) is 26.4 Å². The number of hydrogen-bond acceptors (Lipinski definition) is 3. The second kappa shape index (κ2) is 10.7. The van der Waals surface area contributed by atoms with E-state index in [1.807, 2.05) is 26.0 Å². The molecule has 0 fully saturated rings. The number of ether oxygens (including phenoxy) is 3. The van der Waals surface area contributed by atoms with Crippen LogP contribution >= 0.6 is 0 Å². The van der Waals surface area contributed by atoms with Crippen molar-refractivity contribution in [1.29, 1.82) is 0 Å². The quantitative estimate of drug-likeness (QED) is 0.703. The Balaban J connectivity index is 0.000000659. The third kappa shape index (κ3) is 5.23. The molecule has 3 nitrogen and oxygen atoms in total. The Labute approximate surface area is 110 Å². The van der Waals surface area contributed by atoms with Gasteiger partial charge < -0.3 is 14.2 Å². The van der Waals surface area contributed by atoms with Gasteiger partial charge in [0.25, 0.3) is 0 Å². The molecule has 0 spiro atoms. The molecule has 1 aliphatic heterocycles. The summed E-state index contributed by atoms with van der Waals surface area (Å²) in [6.45, 7) is 11.1. The van der Waals surface area contributed by atoms with Crippen molar-refractivity contribution >= 4 is 0 Å².